The number of esters is 1. The molecular formula is C21H18FNO3S. The molecule has 1 N–H and O–H groups in total. The van der Waals surface area contributed by atoms with E-state index in [1.165, 1.54) is 30.6 Å². The summed E-state index contributed by atoms with van der Waals surface area (Å²) in [5.41, 5.74) is 2.63. The van der Waals surface area contributed by atoms with E-state index >= 15 is 0 Å². The highest BCUT2D eigenvalue weighted by molar-refractivity contribution is 7.15. The van der Waals surface area contributed by atoms with Crippen LogP contribution in [0.2, 0.25) is 0 Å². The quantitative estimate of drug-likeness (QED) is 0.615. The zero-order valence-electron chi connectivity index (χ0n) is 14.7. The van der Waals surface area contributed by atoms with E-state index in [-0.39, 0.29) is 17.3 Å². The summed E-state index contributed by atoms with van der Waals surface area (Å²) in [5.74, 6) is -1.09. The molecule has 0 radical (unpaired) electrons. The molecule has 0 bridgehead atoms. The van der Waals surface area contributed by atoms with Crippen molar-refractivity contribution >= 4 is 28.2 Å². The van der Waals surface area contributed by atoms with E-state index in [0.29, 0.717) is 29.0 Å². The summed E-state index contributed by atoms with van der Waals surface area (Å²) in [5, 5.41) is 4.99. The third kappa shape index (κ3) is 4.60. The maximum absolute atomic E-state index is 13.2. The molecule has 0 fully saturated rings. The fraction of sp³-hybridized carbons (Fsp3) is 0.143. The Bertz CT molecular complexity index is 936. The van der Waals surface area contributed by atoms with Crippen molar-refractivity contribution in [2.24, 2.45) is 0 Å². The predicted octanol–water partition coefficient (Wildman–Crippen LogP) is 4.91. The fourth-order valence-corrected chi connectivity index (χ4v) is 3.66. The lowest BCUT2D eigenvalue weighted by atomic mass is 10.0. The molecule has 3 aromatic rings. The largest absolute Gasteiger partial charge is 0.465 e. The molecule has 138 valence electrons. The van der Waals surface area contributed by atoms with E-state index < -0.39 is 5.97 Å². The van der Waals surface area contributed by atoms with Gasteiger partial charge in [-0.05, 0) is 29.7 Å². The van der Waals surface area contributed by atoms with Gasteiger partial charge in [-0.3, -0.25) is 4.79 Å². The molecule has 1 heterocycles. The maximum atomic E-state index is 13.2. The van der Waals surface area contributed by atoms with Gasteiger partial charge in [0.1, 0.15) is 16.4 Å². The first-order chi connectivity index (χ1) is 13.1. The minimum atomic E-state index is -0.547. The molecule has 0 aliphatic rings. The Kier molecular flexibility index (Phi) is 5.98. The van der Waals surface area contributed by atoms with Crippen molar-refractivity contribution in [3.05, 3.63) is 76.9 Å². The molecule has 0 atom stereocenters. The first kappa shape index (κ1) is 18.8. The van der Waals surface area contributed by atoms with Gasteiger partial charge in [-0.1, -0.05) is 42.5 Å². The van der Waals surface area contributed by atoms with Crippen molar-refractivity contribution in [2.45, 2.75) is 12.8 Å². The van der Waals surface area contributed by atoms with E-state index in [4.69, 9.17) is 4.74 Å². The van der Waals surface area contributed by atoms with E-state index in [2.05, 4.69) is 5.32 Å². The number of carbonyl (C=O) groups is 2. The van der Waals surface area contributed by atoms with Crippen LogP contribution in [0.4, 0.5) is 9.39 Å². The van der Waals surface area contributed by atoms with Gasteiger partial charge in [-0.15, -0.1) is 11.3 Å². The van der Waals surface area contributed by atoms with Gasteiger partial charge in [0.15, 0.2) is 0 Å². The van der Waals surface area contributed by atoms with E-state index in [0.717, 1.165) is 5.56 Å². The fourth-order valence-electron chi connectivity index (χ4n) is 2.69. The van der Waals surface area contributed by atoms with Gasteiger partial charge in [-0.2, -0.15) is 0 Å². The number of benzene rings is 2. The Morgan fingerprint density at radius 3 is 2.44 bits per heavy atom. The van der Waals surface area contributed by atoms with Crippen LogP contribution in [0.3, 0.4) is 0 Å². The van der Waals surface area contributed by atoms with Crippen molar-refractivity contribution in [1.29, 1.82) is 0 Å². The first-order valence-corrected chi connectivity index (χ1v) is 9.26. The van der Waals surface area contributed by atoms with E-state index in [1.54, 1.807) is 17.5 Å². The number of methoxy groups -OCH3 is 1. The maximum Gasteiger partial charge on any atom is 0.341 e. The summed E-state index contributed by atoms with van der Waals surface area (Å²) in [6.07, 6.45) is 0.908. The summed E-state index contributed by atoms with van der Waals surface area (Å²) in [7, 11) is 1.29. The average molecular weight is 383 g/mol. The van der Waals surface area contributed by atoms with Gasteiger partial charge in [0.05, 0.1) is 7.11 Å². The van der Waals surface area contributed by atoms with Crippen LogP contribution in [0, 0.1) is 5.82 Å². The number of ether oxygens (including phenoxy) is 1. The van der Waals surface area contributed by atoms with Gasteiger partial charge in [0.2, 0.25) is 5.91 Å². The Labute approximate surface area is 160 Å². The van der Waals surface area contributed by atoms with Crippen LogP contribution in [0.5, 0.6) is 0 Å². The average Bonchev–Trinajstić information content (AvgIpc) is 3.10. The number of rotatable bonds is 6. The minimum Gasteiger partial charge on any atom is -0.465 e. The van der Waals surface area contributed by atoms with Crippen LogP contribution < -0.4 is 5.32 Å². The van der Waals surface area contributed by atoms with Crippen LogP contribution in [0.15, 0.2) is 60.0 Å². The molecule has 4 nitrogen and oxygen atoms in total. The lowest BCUT2D eigenvalue weighted by Gasteiger charge is -2.08. The molecule has 0 saturated carbocycles. The number of aryl methyl sites for hydroxylation is 1. The van der Waals surface area contributed by atoms with Crippen LogP contribution in [-0.4, -0.2) is 19.0 Å². The zero-order chi connectivity index (χ0) is 19.2. The monoisotopic (exact) mass is 383 g/mol. The SMILES string of the molecule is COC(=O)c1c(-c2ccc(F)cc2)csc1NC(=O)CCc1ccccc1. The summed E-state index contributed by atoms with van der Waals surface area (Å²) in [6.45, 7) is 0. The van der Waals surface area contributed by atoms with Crippen LogP contribution >= 0.6 is 11.3 Å². The molecular weight excluding hydrogens is 365 g/mol. The second-order valence-electron chi connectivity index (χ2n) is 5.89. The lowest BCUT2D eigenvalue weighted by molar-refractivity contribution is -0.116. The van der Waals surface area contributed by atoms with Gasteiger partial charge in [-0.25, -0.2) is 9.18 Å². The molecule has 0 aliphatic carbocycles. The van der Waals surface area contributed by atoms with Crippen molar-refractivity contribution in [2.75, 3.05) is 12.4 Å². The van der Waals surface area contributed by atoms with E-state index in [9.17, 15) is 14.0 Å². The summed E-state index contributed by atoms with van der Waals surface area (Å²) >= 11 is 1.24. The van der Waals surface area contributed by atoms with Crippen LogP contribution in [0.25, 0.3) is 11.1 Å². The van der Waals surface area contributed by atoms with Gasteiger partial charge >= 0.3 is 5.97 Å². The second kappa shape index (κ2) is 8.60. The summed E-state index contributed by atoms with van der Waals surface area (Å²) in [6, 6.07) is 15.5. The lowest BCUT2D eigenvalue weighted by Crippen LogP contribution is -2.14. The predicted molar refractivity (Wildman–Crippen MR) is 104 cm³/mol. The van der Waals surface area contributed by atoms with Crippen molar-refractivity contribution < 1.29 is 18.7 Å². The Hall–Kier alpha value is -2.99. The molecule has 2 aromatic carbocycles. The molecule has 0 unspecified atom stereocenters. The Morgan fingerprint density at radius 2 is 1.78 bits per heavy atom. The molecule has 0 saturated heterocycles. The standard InChI is InChI=1S/C21H18FNO3S/c1-26-21(25)19-17(15-8-10-16(22)11-9-15)13-27-20(19)23-18(24)12-7-14-5-3-2-4-6-14/h2-6,8-11,13H,7,12H2,1H3,(H,23,24). The first-order valence-electron chi connectivity index (χ1n) is 8.38. The zero-order valence-corrected chi connectivity index (χ0v) is 15.5. The number of halogens is 1. The molecule has 1 amide bonds. The summed E-state index contributed by atoms with van der Waals surface area (Å²) in [4.78, 5) is 24.6. The Morgan fingerprint density at radius 1 is 1.07 bits per heavy atom. The van der Waals surface area contributed by atoms with Crippen molar-refractivity contribution in [1.82, 2.24) is 0 Å². The van der Waals surface area contributed by atoms with Crippen LogP contribution in [-0.2, 0) is 16.0 Å². The number of nitrogens with one attached hydrogen (secondary N) is 1. The number of amides is 1. The third-order valence-corrected chi connectivity index (χ3v) is 4.97. The highest BCUT2D eigenvalue weighted by atomic mass is 32.1. The Balaban J connectivity index is 1.79. The highest BCUT2D eigenvalue weighted by Crippen LogP contribution is 2.36. The van der Waals surface area contributed by atoms with Gasteiger partial charge in [0, 0.05) is 17.4 Å². The number of thiophene rings is 1. The van der Waals surface area contributed by atoms with Gasteiger partial charge < -0.3 is 10.1 Å². The van der Waals surface area contributed by atoms with Crippen molar-refractivity contribution in [3.63, 3.8) is 0 Å². The normalized spacial score (nSPS) is 10.4. The van der Waals surface area contributed by atoms with Crippen LogP contribution in [0.1, 0.15) is 22.3 Å². The number of carbonyl (C=O) groups excluding carboxylic acids is 2. The molecule has 1 aromatic heterocycles. The molecule has 0 spiro atoms. The third-order valence-electron chi connectivity index (χ3n) is 4.07. The number of hydrogen-bond donors (Lipinski definition) is 1. The van der Waals surface area contributed by atoms with E-state index in [1.807, 2.05) is 30.3 Å². The molecule has 3 rings (SSSR count). The molecule has 27 heavy (non-hydrogen) atoms. The number of anilines is 1. The molecule has 6 heteroatoms. The number of hydrogen-bond acceptors (Lipinski definition) is 4. The smallest absolute Gasteiger partial charge is 0.341 e. The minimum absolute atomic E-state index is 0.184. The van der Waals surface area contributed by atoms with Gasteiger partial charge in [0.25, 0.3) is 0 Å². The topological polar surface area (TPSA) is 55.4 Å². The highest BCUT2D eigenvalue weighted by Gasteiger charge is 2.22. The summed E-state index contributed by atoms with van der Waals surface area (Å²) < 4.78 is 18.1. The molecule has 0 aliphatic heterocycles. The second-order valence-corrected chi connectivity index (χ2v) is 6.77. The van der Waals surface area contributed by atoms with Crippen molar-refractivity contribution in [3.8, 4) is 11.1 Å².